The van der Waals surface area contributed by atoms with Crippen LogP contribution in [0.5, 0.6) is 5.75 Å². The van der Waals surface area contributed by atoms with Crippen LogP contribution >= 0.6 is 0 Å². The topological polar surface area (TPSA) is 41.6 Å². The van der Waals surface area contributed by atoms with E-state index in [0.717, 1.165) is 25.9 Å². The molecule has 108 valence electrons. The highest BCUT2D eigenvalue weighted by molar-refractivity contribution is 5.97. The molecule has 1 aromatic rings. The van der Waals surface area contributed by atoms with E-state index in [2.05, 4.69) is 5.32 Å². The number of fused-ring (bicyclic) bond motifs is 1. The minimum absolute atomic E-state index is 0.00644. The number of amides is 1. The molecule has 0 bridgehead atoms. The van der Waals surface area contributed by atoms with Gasteiger partial charge in [-0.25, -0.2) is 4.39 Å². The maximum atomic E-state index is 13.3. The summed E-state index contributed by atoms with van der Waals surface area (Å²) in [6.45, 7) is 4.12. The molecular formula is C15H19FN2O2. The number of benzene rings is 1. The Kier molecular flexibility index (Phi) is 3.61. The van der Waals surface area contributed by atoms with Crippen LogP contribution in [-0.4, -0.2) is 31.6 Å². The minimum Gasteiger partial charge on any atom is -0.487 e. The molecule has 0 radical (unpaired) electrons. The van der Waals surface area contributed by atoms with Gasteiger partial charge in [0.05, 0.1) is 18.2 Å². The van der Waals surface area contributed by atoms with Crippen LogP contribution in [0.4, 0.5) is 10.1 Å². The number of halogens is 1. The lowest BCUT2D eigenvalue weighted by Crippen LogP contribution is -2.48. The molecule has 4 nitrogen and oxygen atoms in total. The Balaban J connectivity index is 1.88. The van der Waals surface area contributed by atoms with Gasteiger partial charge in [-0.3, -0.25) is 4.79 Å². The van der Waals surface area contributed by atoms with Crippen molar-refractivity contribution in [2.45, 2.75) is 25.9 Å². The Labute approximate surface area is 117 Å². The van der Waals surface area contributed by atoms with Crippen molar-refractivity contribution in [1.82, 2.24) is 5.32 Å². The summed E-state index contributed by atoms with van der Waals surface area (Å²) in [4.78, 5) is 14.4. The third kappa shape index (κ3) is 2.50. The van der Waals surface area contributed by atoms with Gasteiger partial charge < -0.3 is 15.0 Å². The molecule has 1 fully saturated rings. The Morgan fingerprint density at radius 3 is 3.10 bits per heavy atom. The van der Waals surface area contributed by atoms with Crippen LogP contribution in [0.15, 0.2) is 18.2 Å². The molecule has 0 spiro atoms. The average Bonchev–Trinajstić information content (AvgIpc) is 2.46. The maximum Gasteiger partial charge on any atom is 0.231 e. The van der Waals surface area contributed by atoms with Gasteiger partial charge in [0.25, 0.3) is 0 Å². The van der Waals surface area contributed by atoms with Crippen LogP contribution in [0.25, 0.3) is 0 Å². The Hall–Kier alpha value is -1.62. The summed E-state index contributed by atoms with van der Waals surface area (Å²) in [5, 5.41) is 3.26. The molecular weight excluding hydrogens is 259 g/mol. The number of nitrogens with zero attached hydrogens (tertiary/aromatic N) is 1. The lowest BCUT2D eigenvalue weighted by Gasteiger charge is -2.36. The van der Waals surface area contributed by atoms with Crippen LogP contribution in [0.3, 0.4) is 0 Å². The van der Waals surface area contributed by atoms with Crippen molar-refractivity contribution in [3.63, 3.8) is 0 Å². The van der Waals surface area contributed by atoms with Crippen molar-refractivity contribution in [3.8, 4) is 5.75 Å². The molecule has 2 heterocycles. The van der Waals surface area contributed by atoms with Gasteiger partial charge in [0.1, 0.15) is 17.7 Å². The monoisotopic (exact) mass is 278 g/mol. The second-order valence-electron chi connectivity index (χ2n) is 5.53. The first kappa shape index (κ1) is 13.4. The van der Waals surface area contributed by atoms with E-state index in [1.54, 1.807) is 11.0 Å². The SMILES string of the molecule is C[C@@H]1CN(C(=O)[C@@H]2CCCNC2)c2ccc(F)cc2O1. The van der Waals surface area contributed by atoms with Gasteiger partial charge in [-0.05, 0) is 38.4 Å². The summed E-state index contributed by atoms with van der Waals surface area (Å²) >= 11 is 0. The zero-order valence-electron chi connectivity index (χ0n) is 11.6. The molecule has 1 saturated heterocycles. The Bertz CT molecular complexity index is 515. The van der Waals surface area contributed by atoms with Gasteiger partial charge in [0.15, 0.2) is 0 Å². The molecule has 0 aliphatic carbocycles. The highest BCUT2D eigenvalue weighted by Crippen LogP contribution is 2.35. The van der Waals surface area contributed by atoms with Gasteiger partial charge in [-0.2, -0.15) is 0 Å². The first-order valence-corrected chi connectivity index (χ1v) is 7.13. The molecule has 1 N–H and O–H groups in total. The first-order valence-electron chi connectivity index (χ1n) is 7.13. The molecule has 0 unspecified atom stereocenters. The van der Waals surface area contributed by atoms with E-state index < -0.39 is 0 Å². The van der Waals surface area contributed by atoms with Crippen molar-refractivity contribution in [2.75, 3.05) is 24.5 Å². The number of hydrogen-bond donors (Lipinski definition) is 1. The summed E-state index contributed by atoms with van der Waals surface area (Å²) < 4.78 is 18.9. The van der Waals surface area contributed by atoms with Crippen molar-refractivity contribution < 1.29 is 13.9 Å². The van der Waals surface area contributed by atoms with Gasteiger partial charge in [0.2, 0.25) is 5.91 Å². The largest absolute Gasteiger partial charge is 0.487 e. The van der Waals surface area contributed by atoms with Crippen LogP contribution in [0, 0.1) is 11.7 Å². The Morgan fingerprint density at radius 2 is 2.35 bits per heavy atom. The molecule has 0 aromatic heterocycles. The van der Waals surface area contributed by atoms with E-state index in [-0.39, 0.29) is 23.7 Å². The van der Waals surface area contributed by atoms with Crippen LogP contribution in [0.2, 0.25) is 0 Å². The standard InChI is InChI=1S/C15H19FN2O2/c1-10-9-18(15(19)11-3-2-6-17-8-11)13-5-4-12(16)7-14(13)20-10/h4-5,7,10-11,17H,2-3,6,8-9H2,1H3/t10-,11-/m1/s1. The molecule has 3 rings (SSSR count). The summed E-state index contributed by atoms with van der Waals surface area (Å²) in [6, 6.07) is 4.35. The van der Waals surface area contributed by atoms with Crippen LogP contribution in [-0.2, 0) is 4.79 Å². The number of anilines is 1. The Morgan fingerprint density at radius 1 is 1.50 bits per heavy atom. The number of piperidine rings is 1. The van der Waals surface area contributed by atoms with Gasteiger partial charge in [-0.1, -0.05) is 0 Å². The first-order chi connectivity index (χ1) is 9.65. The summed E-state index contributed by atoms with van der Waals surface area (Å²) in [6.07, 6.45) is 1.81. The fraction of sp³-hybridized carbons (Fsp3) is 0.533. The van der Waals surface area contributed by atoms with Crippen molar-refractivity contribution in [1.29, 1.82) is 0 Å². The van der Waals surface area contributed by atoms with E-state index in [1.807, 2.05) is 6.92 Å². The van der Waals surface area contributed by atoms with Gasteiger partial charge >= 0.3 is 0 Å². The van der Waals surface area contributed by atoms with Crippen molar-refractivity contribution in [3.05, 3.63) is 24.0 Å². The zero-order valence-corrected chi connectivity index (χ0v) is 11.6. The van der Waals surface area contributed by atoms with Crippen molar-refractivity contribution in [2.24, 2.45) is 5.92 Å². The van der Waals surface area contributed by atoms with E-state index in [4.69, 9.17) is 4.74 Å². The molecule has 20 heavy (non-hydrogen) atoms. The normalized spacial score (nSPS) is 25.8. The predicted molar refractivity (Wildman–Crippen MR) is 74.4 cm³/mol. The van der Waals surface area contributed by atoms with Gasteiger partial charge in [0, 0.05) is 12.6 Å². The number of nitrogens with one attached hydrogen (secondary N) is 1. The minimum atomic E-state index is -0.343. The quantitative estimate of drug-likeness (QED) is 0.853. The maximum absolute atomic E-state index is 13.3. The fourth-order valence-electron chi connectivity index (χ4n) is 2.91. The third-order valence-electron chi connectivity index (χ3n) is 3.89. The summed E-state index contributed by atoms with van der Waals surface area (Å²) in [7, 11) is 0. The molecule has 2 aliphatic rings. The number of carbonyl (C=O) groups is 1. The lowest BCUT2D eigenvalue weighted by molar-refractivity contribution is -0.123. The second kappa shape index (κ2) is 5.40. The fourth-order valence-corrected chi connectivity index (χ4v) is 2.91. The van der Waals surface area contributed by atoms with E-state index in [0.29, 0.717) is 18.0 Å². The summed E-state index contributed by atoms with van der Waals surface area (Å²) in [5.74, 6) is 0.234. The summed E-state index contributed by atoms with van der Waals surface area (Å²) in [5.41, 5.74) is 0.681. The molecule has 0 saturated carbocycles. The van der Waals surface area contributed by atoms with Crippen LogP contribution in [0.1, 0.15) is 19.8 Å². The van der Waals surface area contributed by atoms with Gasteiger partial charge in [-0.15, -0.1) is 0 Å². The number of ether oxygens (including phenoxy) is 1. The van der Waals surface area contributed by atoms with E-state index in [9.17, 15) is 9.18 Å². The molecule has 2 aliphatic heterocycles. The smallest absolute Gasteiger partial charge is 0.231 e. The lowest BCUT2D eigenvalue weighted by atomic mass is 9.97. The molecule has 1 amide bonds. The number of hydrogen-bond acceptors (Lipinski definition) is 3. The highest BCUT2D eigenvalue weighted by atomic mass is 19.1. The van der Waals surface area contributed by atoms with Crippen molar-refractivity contribution >= 4 is 11.6 Å². The second-order valence-corrected chi connectivity index (χ2v) is 5.53. The zero-order chi connectivity index (χ0) is 14.1. The van der Waals surface area contributed by atoms with E-state index >= 15 is 0 Å². The highest BCUT2D eigenvalue weighted by Gasteiger charge is 2.32. The molecule has 1 aromatic carbocycles. The molecule has 5 heteroatoms. The third-order valence-corrected chi connectivity index (χ3v) is 3.89. The van der Waals surface area contributed by atoms with E-state index in [1.165, 1.54) is 12.1 Å². The number of carbonyl (C=O) groups excluding carboxylic acids is 1. The van der Waals surface area contributed by atoms with Crippen LogP contribution < -0.4 is 15.0 Å². The number of rotatable bonds is 1. The average molecular weight is 278 g/mol. The molecule has 2 atom stereocenters. The predicted octanol–water partition coefficient (Wildman–Crippen LogP) is 1.94.